The second-order valence-electron chi connectivity index (χ2n) is 5.09. The summed E-state index contributed by atoms with van der Waals surface area (Å²) >= 11 is 0. The van der Waals surface area contributed by atoms with Crippen LogP contribution < -0.4 is 5.32 Å². The number of benzene rings is 1. The van der Waals surface area contributed by atoms with Gasteiger partial charge in [-0.1, -0.05) is 5.16 Å². The Bertz CT molecular complexity index is 588. The van der Waals surface area contributed by atoms with Crippen LogP contribution >= 0.6 is 0 Å². The average Bonchev–Trinajstić information content (AvgIpc) is 2.71. The van der Waals surface area contributed by atoms with Crippen LogP contribution in [0.25, 0.3) is 0 Å². The van der Waals surface area contributed by atoms with E-state index in [-0.39, 0.29) is 23.6 Å². The second-order valence-corrected chi connectivity index (χ2v) is 5.09. The molecule has 0 aliphatic heterocycles. The number of aromatic nitrogens is 1. The molecule has 2 aromatic rings. The van der Waals surface area contributed by atoms with Crippen LogP contribution in [0.5, 0.6) is 11.5 Å². The standard InChI is InChI=1S/C15H20N2O3/c1-8(13-7-12(18)5-6-14(13)19)16-9(2)15-10(3)17-20-11(15)4/h5-9,16,18-19H,1-4H3. The fourth-order valence-electron chi connectivity index (χ4n) is 2.55. The van der Waals surface area contributed by atoms with E-state index in [1.807, 2.05) is 27.7 Å². The maximum atomic E-state index is 9.88. The van der Waals surface area contributed by atoms with Crippen molar-refractivity contribution in [3.05, 3.63) is 40.8 Å². The van der Waals surface area contributed by atoms with E-state index in [1.165, 1.54) is 12.1 Å². The molecule has 3 N–H and O–H groups in total. The number of aryl methyl sites for hydroxylation is 2. The summed E-state index contributed by atoms with van der Waals surface area (Å²) in [5, 5.41) is 26.7. The van der Waals surface area contributed by atoms with Crippen LogP contribution in [0, 0.1) is 13.8 Å². The van der Waals surface area contributed by atoms with Gasteiger partial charge in [0.25, 0.3) is 0 Å². The molecule has 20 heavy (non-hydrogen) atoms. The zero-order valence-electron chi connectivity index (χ0n) is 12.1. The lowest BCUT2D eigenvalue weighted by Crippen LogP contribution is -2.23. The highest BCUT2D eigenvalue weighted by atomic mass is 16.5. The molecule has 0 saturated carbocycles. The highest BCUT2D eigenvalue weighted by Gasteiger charge is 2.20. The molecule has 2 rings (SSSR count). The number of nitrogens with zero attached hydrogens (tertiary/aromatic N) is 1. The number of rotatable bonds is 4. The monoisotopic (exact) mass is 276 g/mol. The first-order valence-corrected chi connectivity index (χ1v) is 6.60. The Morgan fingerprint density at radius 1 is 1.15 bits per heavy atom. The maximum Gasteiger partial charge on any atom is 0.138 e. The van der Waals surface area contributed by atoms with Gasteiger partial charge >= 0.3 is 0 Å². The van der Waals surface area contributed by atoms with Crippen LogP contribution in [0.4, 0.5) is 0 Å². The van der Waals surface area contributed by atoms with Gasteiger partial charge in [0.2, 0.25) is 0 Å². The predicted octanol–water partition coefficient (Wildman–Crippen LogP) is 3.11. The van der Waals surface area contributed by atoms with E-state index in [9.17, 15) is 10.2 Å². The zero-order chi connectivity index (χ0) is 14.9. The van der Waals surface area contributed by atoms with Gasteiger partial charge in [-0.05, 0) is 45.9 Å². The fourth-order valence-corrected chi connectivity index (χ4v) is 2.55. The second kappa shape index (κ2) is 5.54. The summed E-state index contributed by atoms with van der Waals surface area (Å²) in [7, 11) is 0. The maximum absolute atomic E-state index is 9.88. The molecule has 108 valence electrons. The fraction of sp³-hybridized carbons (Fsp3) is 0.400. The first-order valence-electron chi connectivity index (χ1n) is 6.60. The molecular formula is C15H20N2O3. The van der Waals surface area contributed by atoms with Gasteiger partial charge in [-0.3, -0.25) is 0 Å². The van der Waals surface area contributed by atoms with Crippen LogP contribution in [-0.2, 0) is 0 Å². The molecule has 2 atom stereocenters. The largest absolute Gasteiger partial charge is 0.508 e. The zero-order valence-corrected chi connectivity index (χ0v) is 12.1. The van der Waals surface area contributed by atoms with Crippen molar-refractivity contribution in [1.29, 1.82) is 0 Å². The molecule has 1 aromatic heterocycles. The molecule has 0 amide bonds. The minimum Gasteiger partial charge on any atom is -0.508 e. The Morgan fingerprint density at radius 3 is 2.45 bits per heavy atom. The first kappa shape index (κ1) is 14.4. The van der Waals surface area contributed by atoms with Crippen LogP contribution in [-0.4, -0.2) is 15.4 Å². The molecule has 0 spiro atoms. The topological polar surface area (TPSA) is 78.5 Å². The number of phenols is 2. The van der Waals surface area contributed by atoms with Gasteiger partial charge in [0, 0.05) is 23.2 Å². The Hall–Kier alpha value is -2.01. The third kappa shape index (κ3) is 2.77. The molecule has 0 fully saturated rings. The lowest BCUT2D eigenvalue weighted by molar-refractivity contribution is 0.388. The molecule has 2 unspecified atom stereocenters. The van der Waals surface area contributed by atoms with E-state index in [4.69, 9.17) is 4.52 Å². The average molecular weight is 276 g/mol. The quantitative estimate of drug-likeness (QED) is 0.748. The summed E-state index contributed by atoms with van der Waals surface area (Å²) in [6.45, 7) is 7.73. The van der Waals surface area contributed by atoms with Gasteiger partial charge in [0.1, 0.15) is 17.3 Å². The van der Waals surface area contributed by atoms with Gasteiger partial charge < -0.3 is 20.1 Å². The number of aromatic hydroxyl groups is 2. The lowest BCUT2D eigenvalue weighted by Gasteiger charge is -2.21. The van der Waals surface area contributed by atoms with Crippen molar-refractivity contribution in [3.63, 3.8) is 0 Å². The number of hydrogen-bond donors (Lipinski definition) is 3. The van der Waals surface area contributed by atoms with Crippen molar-refractivity contribution in [1.82, 2.24) is 10.5 Å². The predicted molar refractivity (Wildman–Crippen MR) is 75.7 cm³/mol. The van der Waals surface area contributed by atoms with E-state index in [0.29, 0.717) is 5.56 Å². The van der Waals surface area contributed by atoms with Crippen molar-refractivity contribution < 1.29 is 14.7 Å². The summed E-state index contributed by atoms with van der Waals surface area (Å²) in [4.78, 5) is 0. The van der Waals surface area contributed by atoms with Crippen molar-refractivity contribution in [2.24, 2.45) is 0 Å². The molecule has 0 aliphatic carbocycles. The third-order valence-electron chi connectivity index (χ3n) is 3.50. The van der Waals surface area contributed by atoms with E-state index >= 15 is 0 Å². The molecule has 5 heteroatoms. The first-order chi connectivity index (χ1) is 9.40. The van der Waals surface area contributed by atoms with Gasteiger partial charge in [-0.15, -0.1) is 0 Å². The smallest absolute Gasteiger partial charge is 0.138 e. The van der Waals surface area contributed by atoms with Crippen molar-refractivity contribution in [2.75, 3.05) is 0 Å². The summed E-state index contributed by atoms with van der Waals surface area (Å²) in [5.74, 6) is 1.08. The normalized spacial score (nSPS) is 14.2. The summed E-state index contributed by atoms with van der Waals surface area (Å²) in [6.07, 6.45) is 0. The highest BCUT2D eigenvalue weighted by molar-refractivity contribution is 5.40. The molecule has 0 saturated heterocycles. The van der Waals surface area contributed by atoms with Crippen molar-refractivity contribution in [2.45, 2.75) is 39.8 Å². The van der Waals surface area contributed by atoms with E-state index in [0.717, 1.165) is 17.0 Å². The Labute approximate surface area is 118 Å². The van der Waals surface area contributed by atoms with Crippen molar-refractivity contribution >= 4 is 0 Å². The van der Waals surface area contributed by atoms with E-state index in [1.54, 1.807) is 6.07 Å². The summed E-state index contributed by atoms with van der Waals surface area (Å²) in [6, 6.07) is 4.42. The minimum atomic E-state index is -0.120. The molecule has 0 radical (unpaired) electrons. The molecule has 1 aromatic carbocycles. The summed E-state index contributed by atoms with van der Waals surface area (Å²) in [5.41, 5.74) is 2.54. The van der Waals surface area contributed by atoms with Crippen LogP contribution in [0.3, 0.4) is 0 Å². The molecule has 0 bridgehead atoms. The lowest BCUT2D eigenvalue weighted by atomic mass is 10.0. The van der Waals surface area contributed by atoms with E-state index in [2.05, 4.69) is 10.5 Å². The highest BCUT2D eigenvalue weighted by Crippen LogP contribution is 2.30. The summed E-state index contributed by atoms with van der Waals surface area (Å²) < 4.78 is 5.17. The molecular weight excluding hydrogens is 256 g/mol. The number of nitrogens with one attached hydrogen (secondary N) is 1. The van der Waals surface area contributed by atoms with Gasteiger partial charge in [0.15, 0.2) is 0 Å². The molecule has 1 heterocycles. The van der Waals surface area contributed by atoms with Crippen LogP contribution in [0.2, 0.25) is 0 Å². The van der Waals surface area contributed by atoms with E-state index < -0.39 is 0 Å². The van der Waals surface area contributed by atoms with Crippen LogP contribution in [0.15, 0.2) is 22.7 Å². The van der Waals surface area contributed by atoms with Gasteiger partial charge in [-0.2, -0.15) is 0 Å². The SMILES string of the molecule is Cc1noc(C)c1C(C)NC(C)c1cc(O)ccc1O. The minimum absolute atomic E-state index is 0.0259. The number of hydrogen-bond acceptors (Lipinski definition) is 5. The Kier molecular flexibility index (Phi) is 3.99. The van der Waals surface area contributed by atoms with Gasteiger partial charge in [0.05, 0.1) is 5.69 Å². The number of phenolic OH excluding ortho intramolecular Hbond substituents is 2. The Balaban J connectivity index is 2.19. The third-order valence-corrected chi connectivity index (χ3v) is 3.50. The van der Waals surface area contributed by atoms with Crippen molar-refractivity contribution in [3.8, 4) is 11.5 Å². The molecule has 0 aliphatic rings. The Morgan fingerprint density at radius 2 is 1.85 bits per heavy atom. The van der Waals surface area contributed by atoms with Crippen LogP contribution in [0.1, 0.15) is 48.5 Å². The van der Waals surface area contributed by atoms with Gasteiger partial charge in [-0.25, -0.2) is 0 Å². The molecule has 5 nitrogen and oxygen atoms in total.